The van der Waals surface area contributed by atoms with Crippen LogP contribution in [0.4, 0.5) is 29.5 Å². The van der Waals surface area contributed by atoms with Crippen molar-refractivity contribution in [1.29, 1.82) is 0 Å². The summed E-state index contributed by atoms with van der Waals surface area (Å²) in [6, 6.07) is 9.92. The molecule has 1 fully saturated rings. The molecule has 0 unspecified atom stereocenters. The molecule has 40 heavy (non-hydrogen) atoms. The molecule has 0 bridgehead atoms. The van der Waals surface area contributed by atoms with E-state index in [0.717, 1.165) is 22.7 Å². The Labute approximate surface area is 231 Å². The first-order valence-electron chi connectivity index (χ1n) is 13.4. The van der Waals surface area contributed by atoms with E-state index in [-0.39, 0.29) is 18.2 Å². The lowest BCUT2D eigenvalue weighted by molar-refractivity contribution is 0.0240. The summed E-state index contributed by atoms with van der Waals surface area (Å²) in [5, 5.41) is 3.90. The van der Waals surface area contributed by atoms with E-state index in [1.807, 2.05) is 57.2 Å². The third-order valence-electron chi connectivity index (χ3n) is 6.41. The molecule has 8 nitrogen and oxygen atoms in total. The Bertz CT molecular complexity index is 1480. The van der Waals surface area contributed by atoms with Crippen molar-refractivity contribution in [2.75, 3.05) is 36.4 Å². The zero-order valence-corrected chi connectivity index (χ0v) is 23.4. The summed E-state index contributed by atoms with van der Waals surface area (Å²) in [7, 11) is 0. The predicted octanol–water partition coefficient (Wildman–Crippen LogP) is 6.65. The smallest absolute Gasteiger partial charge is 0.410 e. The molecule has 2 aromatic carbocycles. The number of imidazole rings is 1. The number of aromatic nitrogens is 3. The van der Waals surface area contributed by atoms with Crippen LogP contribution in [0.1, 0.15) is 52.2 Å². The van der Waals surface area contributed by atoms with Crippen LogP contribution in [-0.4, -0.2) is 57.1 Å². The maximum atomic E-state index is 14.6. The number of piperazine rings is 1. The molecule has 1 saturated heterocycles. The van der Waals surface area contributed by atoms with Gasteiger partial charge in [-0.2, -0.15) is 4.98 Å². The van der Waals surface area contributed by atoms with Gasteiger partial charge in [0.15, 0.2) is 0 Å². The Morgan fingerprint density at radius 1 is 1.10 bits per heavy atom. The minimum Gasteiger partial charge on any atom is -0.444 e. The van der Waals surface area contributed by atoms with Crippen molar-refractivity contribution in [1.82, 2.24) is 19.3 Å². The number of hydrogen-bond donors (Lipinski definition) is 1. The van der Waals surface area contributed by atoms with Crippen molar-refractivity contribution < 1.29 is 22.7 Å². The molecule has 0 spiro atoms. The second-order valence-corrected chi connectivity index (χ2v) is 10.2. The fraction of sp³-hybridized carbons (Fsp3) is 0.414. The van der Waals surface area contributed by atoms with E-state index in [4.69, 9.17) is 4.74 Å². The van der Waals surface area contributed by atoms with Gasteiger partial charge in [-0.25, -0.2) is 22.9 Å². The van der Waals surface area contributed by atoms with Crippen LogP contribution < -0.4 is 10.2 Å². The molecule has 0 aliphatic carbocycles. The number of benzene rings is 2. The molecule has 1 amide bonds. The summed E-state index contributed by atoms with van der Waals surface area (Å²) in [5.41, 5.74) is 0.726. The lowest BCUT2D eigenvalue weighted by atomic mass is 10.1. The summed E-state index contributed by atoms with van der Waals surface area (Å²) in [5.74, 6) is 0.0000565. The maximum absolute atomic E-state index is 14.6. The number of halogens is 3. The summed E-state index contributed by atoms with van der Waals surface area (Å²) < 4.78 is 48.3. The summed E-state index contributed by atoms with van der Waals surface area (Å²) in [4.78, 5) is 25.2. The molecule has 5 rings (SSSR count). The highest BCUT2D eigenvalue weighted by Crippen LogP contribution is 2.30. The number of ether oxygens (including phenoxy) is 1. The first-order chi connectivity index (χ1) is 19.1. The Morgan fingerprint density at radius 3 is 2.50 bits per heavy atom. The van der Waals surface area contributed by atoms with Gasteiger partial charge in [-0.15, -0.1) is 0 Å². The molecule has 1 N–H and O–H groups in total. The standard InChI is InChI=1S/C27H29F3N6O2.C2H6/c1-27(2,3)38-26(37)35-13-11-34(12-14-35)18-7-8-21-20(15-18)24(33-25-31-9-10-36(21)25)32-16-17-5-4-6-19(22(17)28)23(29)30;1-2/h4-10,15,23H,11-14,16H2,1-3H3,(H,31,32,33);1-2H3. The van der Waals surface area contributed by atoms with Crippen LogP contribution in [0.2, 0.25) is 0 Å². The van der Waals surface area contributed by atoms with Gasteiger partial charge in [0, 0.05) is 61.8 Å². The zero-order chi connectivity index (χ0) is 29.0. The average molecular weight is 557 g/mol. The largest absolute Gasteiger partial charge is 0.444 e. The second kappa shape index (κ2) is 12.0. The monoisotopic (exact) mass is 556 g/mol. The number of nitrogens with one attached hydrogen (secondary N) is 1. The van der Waals surface area contributed by atoms with Crippen LogP contribution in [0.5, 0.6) is 0 Å². The lowest BCUT2D eigenvalue weighted by Gasteiger charge is -2.36. The molecule has 3 heterocycles. The van der Waals surface area contributed by atoms with Crippen molar-refractivity contribution in [3.8, 4) is 0 Å². The molecule has 214 valence electrons. The van der Waals surface area contributed by atoms with Crippen LogP contribution in [-0.2, 0) is 11.3 Å². The molecule has 1 aliphatic heterocycles. The number of hydrogen-bond acceptors (Lipinski definition) is 6. The number of rotatable bonds is 5. The van der Waals surface area contributed by atoms with E-state index in [2.05, 4.69) is 20.2 Å². The molecule has 2 aromatic heterocycles. The Morgan fingerprint density at radius 2 is 1.82 bits per heavy atom. The van der Waals surface area contributed by atoms with Gasteiger partial charge < -0.3 is 19.9 Å². The van der Waals surface area contributed by atoms with Crippen LogP contribution in [0.25, 0.3) is 16.7 Å². The molecule has 0 saturated carbocycles. The summed E-state index contributed by atoms with van der Waals surface area (Å²) in [6.45, 7) is 11.8. The Hall–Kier alpha value is -4.02. The van der Waals surface area contributed by atoms with Gasteiger partial charge in [-0.1, -0.05) is 32.0 Å². The van der Waals surface area contributed by atoms with E-state index in [1.165, 1.54) is 12.1 Å². The first-order valence-corrected chi connectivity index (χ1v) is 13.4. The summed E-state index contributed by atoms with van der Waals surface area (Å²) in [6.07, 6.45) is 0.228. The van der Waals surface area contributed by atoms with Crippen molar-refractivity contribution >= 4 is 34.3 Å². The third-order valence-corrected chi connectivity index (χ3v) is 6.41. The Kier molecular flexibility index (Phi) is 8.70. The highest BCUT2D eigenvalue weighted by Gasteiger charge is 2.26. The predicted molar refractivity (Wildman–Crippen MR) is 151 cm³/mol. The van der Waals surface area contributed by atoms with Crippen molar-refractivity contribution in [2.45, 2.75) is 53.2 Å². The van der Waals surface area contributed by atoms with E-state index in [9.17, 15) is 18.0 Å². The molecular formula is C29H35F3N6O2. The fourth-order valence-electron chi connectivity index (χ4n) is 4.54. The fourth-order valence-corrected chi connectivity index (χ4v) is 4.54. The van der Waals surface area contributed by atoms with Crippen LogP contribution in [0.3, 0.4) is 0 Å². The molecule has 0 atom stereocenters. The zero-order valence-electron chi connectivity index (χ0n) is 23.4. The van der Waals surface area contributed by atoms with Gasteiger partial charge in [0.1, 0.15) is 17.2 Å². The second-order valence-electron chi connectivity index (χ2n) is 10.2. The van der Waals surface area contributed by atoms with Gasteiger partial charge in [0.25, 0.3) is 6.43 Å². The molecular weight excluding hydrogens is 521 g/mol. The van der Waals surface area contributed by atoms with Crippen LogP contribution in [0, 0.1) is 5.82 Å². The number of nitrogens with zero attached hydrogens (tertiary/aromatic N) is 5. The van der Waals surface area contributed by atoms with E-state index >= 15 is 0 Å². The molecule has 11 heteroatoms. The number of amides is 1. The lowest BCUT2D eigenvalue weighted by Crippen LogP contribution is -2.50. The highest BCUT2D eigenvalue weighted by atomic mass is 19.3. The van der Waals surface area contributed by atoms with Crippen LogP contribution >= 0.6 is 0 Å². The average Bonchev–Trinajstić information content (AvgIpc) is 3.41. The van der Waals surface area contributed by atoms with E-state index < -0.39 is 23.4 Å². The molecule has 1 aliphatic rings. The number of fused-ring (bicyclic) bond motifs is 3. The van der Waals surface area contributed by atoms with Gasteiger partial charge in [0.05, 0.1) is 11.1 Å². The summed E-state index contributed by atoms with van der Waals surface area (Å²) >= 11 is 0. The quantitative estimate of drug-likeness (QED) is 0.297. The number of anilines is 2. The topological polar surface area (TPSA) is 75.0 Å². The van der Waals surface area contributed by atoms with Gasteiger partial charge >= 0.3 is 6.09 Å². The van der Waals surface area contributed by atoms with Crippen molar-refractivity contribution in [2.24, 2.45) is 0 Å². The van der Waals surface area contributed by atoms with Crippen molar-refractivity contribution in [3.63, 3.8) is 0 Å². The van der Waals surface area contributed by atoms with Gasteiger partial charge in [-0.3, -0.25) is 4.40 Å². The third kappa shape index (κ3) is 6.24. The maximum Gasteiger partial charge on any atom is 0.410 e. The minimum absolute atomic E-state index is 0.0236. The normalized spacial score (nSPS) is 13.9. The molecule has 4 aromatic rings. The van der Waals surface area contributed by atoms with E-state index in [0.29, 0.717) is 37.8 Å². The Balaban J connectivity index is 0.00000181. The number of carbonyl (C=O) groups excluding carboxylic acids is 1. The van der Waals surface area contributed by atoms with Gasteiger partial charge in [-0.05, 0) is 39.0 Å². The number of alkyl halides is 2. The van der Waals surface area contributed by atoms with Gasteiger partial charge in [0.2, 0.25) is 5.78 Å². The van der Waals surface area contributed by atoms with Crippen LogP contribution in [0.15, 0.2) is 48.8 Å². The van der Waals surface area contributed by atoms with Crippen molar-refractivity contribution in [3.05, 3.63) is 65.7 Å². The minimum atomic E-state index is -2.89. The SMILES string of the molecule is CC.CC(C)(C)OC(=O)N1CCN(c2ccc3c(c2)c(NCc2cccc(C(F)F)c2F)nc2nccn23)CC1. The highest BCUT2D eigenvalue weighted by molar-refractivity contribution is 5.93. The first kappa shape index (κ1) is 29.0. The van der Waals surface area contributed by atoms with E-state index in [1.54, 1.807) is 17.3 Å². The number of carbonyl (C=O) groups is 1. The molecule has 0 radical (unpaired) electrons.